The summed E-state index contributed by atoms with van der Waals surface area (Å²) in [4.78, 5) is 23.3. The van der Waals surface area contributed by atoms with E-state index in [0.717, 1.165) is 0 Å². The molecule has 7 heteroatoms. The van der Waals surface area contributed by atoms with Crippen LogP contribution < -0.4 is 10.6 Å². The summed E-state index contributed by atoms with van der Waals surface area (Å²) in [5.41, 5.74) is -1.27. The van der Waals surface area contributed by atoms with E-state index in [1.165, 1.54) is 0 Å². The summed E-state index contributed by atoms with van der Waals surface area (Å²) in [7, 11) is 1.59. The average molecular weight is 258 g/mol. The van der Waals surface area contributed by atoms with Gasteiger partial charge in [-0.1, -0.05) is 0 Å². The second-order valence-corrected chi connectivity index (χ2v) is 4.73. The van der Waals surface area contributed by atoms with Gasteiger partial charge in [-0.25, -0.2) is 4.79 Å². The Labute approximate surface area is 105 Å². The fourth-order valence-corrected chi connectivity index (χ4v) is 2.29. The molecule has 0 aliphatic carbocycles. The number of methoxy groups -OCH3 is 1. The molecule has 0 saturated carbocycles. The highest BCUT2D eigenvalue weighted by molar-refractivity contribution is 5.90. The van der Waals surface area contributed by atoms with Crippen LogP contribution in [0.3, 0.4) is 0 Å². The number of nitrogens with one attached hydrogen (secondary N) is 2. The quantitative estimate of drug-likeness (QED) is 0.581. The van der Waals surface area contributed by atoms with Gasteiger partial charge in [0.1, 0.15) is 0 Å². The van der Waals surface area contributed by atoms with E-state index < -0.39 is 17.6 Å². The molecule has 2 aliphatic rings. The molecule has 0 aromatic rings. The molecule has 3 N–H and O–H groups in total. The van der Waals surface area contributed by atoms with E-state index in [-0.39, 0.29) is 18.6 Å². The van der Waals surface area contributed by atoms with E-state index >= 15 is 0 Å². The van der Waals surface area contributed by atoms with Crippen molar-refractivity contribution in [1.29, 1.82) is 0 Å². The number of carboxylic acids is 1. The van der Waals surface area contributed by atoms with Gasteiger partial charge in [0.15, 0.2) is 5.54 Å². The minimum atomic E-state index is -1.27. The van der Waals surface area contributed by atoms with Crippen LogP contribution in [0.5, 0.6) is 0 Å². The monoisotopic (exact) mass is 258 g/mol. The van der Waals surface area contributed by atoms with Gasteiger partial charge in [0.05, 0.1) is 18.8 Å². The van der Waals surface area contributed by atoms with Crippen molar-refractivity contribution >= 4 is 11.9 Å². The Hall–Kier alpha value is -1.18. The summed E-state index contributed by atoms with van der Waals surface area (Å²) in [5, 5.41) is 14.8. The van der Waals surface area contributed by atoms with Gasteiger partial charge in [0.25, 0.3) is 0 Å². The summed E-state index contributed by atoms with van der Waals surface area (Å²) in [5.74, 6) is -1.35. The third-order valence-corrected chi connectivity index (χ3v) is 3.53. The first-order valence-electron chi connectivity index (χ1n) is 5.97. The van der Waals surface area contributed by atoms with E-state index in [4.69, 9.17) is 9.47 Å². The summed E-state index contributed by atoms with van der Waals surface area (Å²) in [6, 6.07) is -0.397. The van der Waals surface area contributed by atoms with Crippen LogP contribution in [-0.2, 0) is 19.1 Å². The number of carbonyl (C=O) groups excluding carboxylic acids is 1. The lowest BCUT2D eigenvalue weighted by atomic mass is 9.98. The van der Waals surface area contributed by atoms with Gasteiger partial charge in [0.2, 0.25) is 5.91 Å². The molecule has 0 aromatic heterocycles. The zero-order valence-electron chi connectivity index (χ0n) is 10.3. The molecule has 0 aromatic carbocycles. The predicted molar refractivity (Wildman–Crippen MR) is 61.2 cm³/mol. The summed E-state index contributed by atoms with van der Waals surface area (Å²) in [6.45, 7) is 0.977. The minimum absolute atomic E-state index is 0.00126. The standard InChI is InChI=1S/C11H18N2O5/c1-17-7-4-8(12-5-7)9(14)13-11(10(15)16)2-3-18-6-11/h7-8,12H,2-6H2,1H3,(H,13,14)(H,15,16). The second-order valence-electron chi connectivity index (χ2n) is 4.73. The Morgan fingerprint density at radius 2 is 2.33 bits per heavy atom. The minimum Gasteiger partial charge on any atom is -0.479 e. The Kier molecular flexibility index (Phi) is 3.84. The molecular formula is C11H18N2O5. The molecule has 18 heavy (non-hydrogen) atoms. The number of hydrogen-bond donors (Lipinski definition) is 3. The molecule has 102 valence electrons. The van der Waals surface area contributed by atoms with Crippen molar-refractivity contribution in [3.63, 3.8) is 0 Å². The zero-order valence-corrected chi connectivity index (χ0v) is 10.3. The zero-order chi connectivity index (χ0) is 13.2. The van der Waals surface area contributed by atoms with Gasteiger partial charge in [0, 0.05) is 26.7 Å². The molecule has 0 bridgehead atoms. The molecule has 2 saturated heterocycles. The Bertz CT molecular complexity index is 340. The van der Waals surface area contributed by atoms with E-state index in [9.17, 15) is 14.7 Å². The normalized spacial score (nSPS) is 35.6. The highest BCUT2D eigenvalue weighted by Crippen LogP contribution is 2.20. The maximum atomic E-state index is 12.0. The molecule has 0 radical (unpaired) electrons. The number of carboxylic acid groups (broad SMARTS) is 1. The van der Waals surface area contributed by atoms with Crippen molar-refractivity contribution in [3.05, 3.63) is 0 Å². The lowest BCUT2D eigenvalue weighted by Crippen LogP contribution is -2.58. The van der Waals surface area contributed by atoms with Crippen LogP contribution in [0.2, 0.25) is 0 Å². The molecule has 2 rings (SSSR count). The van der Waals surface area contributed by atoms with E-state index in [0.29, 0.717) is 26.0 Å². The first-order valence-corrected chi connectivity index (χ1v) is 5.97. The number of amides is 1. The maximum absolute atomic E-state index is 12.0. The second kappa shape index (κ2) is 5.21. The van der Waals surface area contributed by atoms with Crippen LogP contribution in [0.1, 0.15) is 12.8 Å². The van der Waals surface area contributed by atoms with Gasteiger partial charge < -0.3 is 25.2 Å². The molecule has 1 amide bonds. The summed E-state index contributed by atoms with van der Waals surface area (Å²) < 4.78 is 10.2. The number of hydrogen-bond acceptors (Lipinski definition) is 5. The van der Waals surface area contributed by atoms with Gasteiger partial charge in [-0.15, -0.1) is 0 Å². The first kappa shape index (κ1) is 13.3. The number of ether oxygens (including phenoxy) is 2. The van der Waals surface area contributed by atoms with E-state index in [1.54, 1.807) is 7.11 Å². The topological polar surface area (TPSA) is 96.9 Å². The average Bonchev–Trinajstić information content (AvgIpc) is 2.97. The van der Waals surface area contributed by atoms with Gasteiger partial charge in [-0.3, -0.25) is 4.79 Å². The molecule has 2 aliphatic heterocycles. The largest absolute Gasteiger partial charge is 0.479 e. The molecule has 3 unspecified atom stereocenters. The lowest BCUT2D eigenvalue weighted by molar-refractivity contribution is -0.148. The summed E-state index contributed by atoms with van der Waals surface area (Å²) >= 11 is 0. The van der Waals surface area contributed by atoms with Crippen molar-refractivity contribution in [2.24, 2.45) is 0 Å². The maximum Gasteiger partial charge on any atom is 0.331 e. The number of aliphatic carboxylic acids is 1. The van der Waals surface area contributed by atoms with Crippen LogP contribution in [0.25, 0.3) is 0 Å². The molecule has 0 spiro atoms. The molecule has 2 heterocycles. The molecule has 3 atom stereocenters. The van der Waals surface area contributed by atoms with Crippen molar-refractivity contribution < 1.29 is 24.2 Å². The highest BCUT2D eigenvalue weighted by atomic mass is 16.5. The number of carbonyl (C=O) groups is 2. The van der Waals surface area contributed by atoms with E-state index in [1.807, 2.05) is 0 Å². The first-order chi connectivity index (χ1) is 8.57. The Balaban J connectivity index is 1.96. The van der Waals surface area contributed by atoms with Gasteiger partial charge in [-0.05, 0) is 6.42 Å². The summed E-state index contributed by atoms with van der Waals surface area (Å²) in [6.07, 6.45) is 0.856. The fraction of sp³-hybridized carbons (Fsp3) is 0.818. The van der Waals surface area contributed by atoms with Crippen molar-refractivity contribution in [2.45, 2.75) is 30.5 Å². The van der Waals surface area contributed by atoms with Gasteiger partial charge in [-0.2, -0.15) is 0 Å². The van der Waals surface area contributed by atoms with Crippen molar-refractivity contribution in [2.75, 3.05) is 26.9 Å². The van der Waals surface area contributed by atoms with E-state index in [2.05, 4.69) is 10.6 Å². The third kappa shape index (κ3) is 2.47. The lowest BCUT2D eigenvalue weighted by Gasteiger charge is -2.25. The van der Waals surface area contributed by atoms with Crippen molar-refractivity contribution in [1.82, 2.24) is 10.6 Å². The SMILES string of the molecule is COC1CNC(C(=O)NC2(C(=O)O)CCOC2)C1. The Morgan fingerprint density at radius 3 is 2.83 bits per heavy atom. The van der Waals surface area contributed by atoms with Crippen LogP contribution in [-0.4, -0.2) is 61.5 Å². The van der Waals surface area contributed by atoms with Crippen LogP contribution >= 0.6 is 0 Å². The molecule has 7 nitrogen and oxygen atoms in total. The molecular weight excluding hydrogens is 240 g/mol. The molecule has 2 fully saturated rings. The number of rotatable bonds is 4. The smallest absolute Gasteiger partial charge is 0.331 e. The van der Waals surface area contributed by atoms with Crippen LogP contribution in [0.4, 0.5) is 0 Å². The van der Waals surface area contributed by atoms with Crippen LogP contribution in [0, 0.1) is 0 Å². The predicted octanol–water partition coefficient (Wildman–Crippen LogP) is -1.28. The third-order valence-electron chi connectivity index (χ3n) is 3.53. The fourth-order valence-electron chi connectivity index (χ4n) is 2.29. The van der Waals surface area contributed by atoms with Gasteiger partial charge >= 0.3 is 5.97 Å². The highest BCUT2D eigenvalue weighted by Gasteiger charge is 2.45. The van der Waals surface area contributed by atoms with Crippen molar-refractivity contribution in [3.8, 4) is 0 Å². The van der Waals surface area contributed by atoms with Crippen LogP contribution in [0.15, 0.2) is 0 Å². The Morgan fingerprint density at radius 1 is 1.56 bits per heavy atom.